The Bertz CT molecular complexity index is 1210. The summed E-state index contributed by atoms with van der Waals surface area (Å²) in [5.41, 5.74) is 6.19. The van der Waals surface area contributed by atoms with Gasteiger partial charge in [-0.3, -0.25) is 9.58 Å². The summed E-state index contributed by atoms with van der Waals surface area (Å²) in [7, 11) is 0. The molecule has 6 heteroatoms. The third-order valence-electron chi connectivity index (χ3n) is 5.93. The van der Waals surface area contributed by atoms with Crippen molar-refractivity contribution in [3.8, 4) is 0 Å². The number of esters is 1. The Hall–Kier alpha value is -3.38. The summed E-state index contributed by atoms with van der Waals surface area (Å²) in [5, 5.41) is 5.95. The van der Waals surface area contributed by atoms with E-state index in [4.69, 9.17) is 9.84 Å². The van der Waals surface area contributed by atoms with Gasteiger partial charge in [-0.05, 0) is 24.1 Å². The van der Waals surface area contributed by atoms with Crippen LogP contribution in [0.25, 0.3) is 10.9 Å². The summed E-state index contributed by atoms with van der Waals surface area (Å²) in [4.78, 5) is 18.4. The zero-order valence-corrected chi connectivity index (χ0v) is 17.7. The number of nitrogens with one attached hydrogen (secondary N) is 1. The van der Waals surface area contributed by atoms with Gasteiger partial charge in [0, 0.05) is 54.4 Å². The number of para-hydroxylation sites is 1. The monoisotopic (exact) mass is 414 g/mol. The van der Waals surface area contributed by atoms with Crippen molar-refractivity contribution in [3.05, 3.63) is 88.9 Å². The van der Waals surface area contributed by atoms with Gasteiger partial charge in [-0.15, -0.1) is 0 Å². The van der Waals surface area contributed by atoms with E-state index in [1.165, 1.54) is 16.5 Å². The van der Waals surface area contributed by atoms with Crippen molar-refractivity contribution in [2.45, 2.75) is 33.0 Å². The third-order valence-corrected chi connectivity index (χ3v) is 5.93. The first-order valence-electron chi connectivity index (χ1n) is 10.8. The maximum Gasteiger partial charge on any atom is 0.359 e. The average molecular weight is 415 g/mol. The highest BCUT2D eigenvalue weighted by atomic mass is 16.5. The smallest absolute Gasteiger partial charge is 0.359 e. The second kappa shape index (κ2) is 8.40. The van der Waals surface area contributed by atoms with Crippen LogP contribution in [-0.2, 0) is 30.8 Å². The van der Waals surface area contributed by atoms with Crippen LogP contribution in [0.15, 0.2) is 60.8 Å². The highest BCUT2D eigenvalue weighted by molar-refractivity contribution is 5.89. The quantitative estimate of drug-likeness (QED) is 0.482. The molecule has 158 valence electrons. The Labute approximate surface area is 181 Å². The van der Waals surface area contributed by atoms with Crippen LogP contribution in [0.3, 0.4) is 0 Å². The van der Waals surface area contributed by atoms with Crippen LogP contribution in [0, 0.1) is 0 Å². The van der Waals surface area contributed by atoms with Gasteiger partial charge in [-0.25, -0.2) is 4.79 Å². The lowest BCUT2D eigenvalue weighted by Gasteiger charge is -2.27. The fourth-order valence-electron chi connectivity index (χ4n) is 4.44. The molecule has 2 aromatic carbocycles. The Morgan fingerprint density at radius 3 is 2.74 bits per heavy atom. The van der Waals surface area contributed by atoms with E-state index >= 15 is 0 Å². The van der Waals surface area contributed by atoms with Crippen LogP contribution in [0.5, 0.6) is 0 Å². The number of aromatic nitrogens is 3. The van der Waals surface area contributed by atoms with E-state index in [0.29, 0.717) is 25.4 Å². The molecule has 1 aliphatic rings. The molecular formula is C25H26N4O2. The molecule has 0 saturated heterocycles. The molecule has 0 atom stereocenters. The molecule has 2 aromatic heterocycles. The third kappa shape index (κ3) is 3.86. The summed E-state index contributed by atoms with van der Waals surface area (Å²) < 4.78 is 7.30. The summed E-state index contributed by atoms with van der Waals surface area (Å²) in [6, 6.07) is 18.6. The molecule has 4 aromatic rings. The van der Waals surface area contributed by atoms with Crippen molar-refractivity contribution in [2.24, 2.45) is 0 Å². The number of ether oxygens (including phenoxy) is 1. The lowest BCUT2D eigenvalue weighted by molar-refractivity contribution is 0.0515. The van der Waals surface area contributed by atoms with Gasteiger partial charge in [0.05, 0.1) is 13.2 Å². The molecule has 0 unspecified atom stereocenters. The zero-order chi connectivity index (χ0) is 21.2. The first-order valence-corrected chi connectivity index (χ1v) is 10.8. The minimum absolute atomic E-state index is 0.334. The van der Waals surface area contributed by atoms with Gasteiger partial charge in [0.1, 0.15) is 0 Å². The predicted octanol–water partition coefficient (Wildman–Crippen LogP) is 4.15. The van der Waals surface area contributed by atoms with Gasteiger partial charge in [0.15, 0.2) is 5.69 Å². The molecule has 3 heterocycles. The van der Waals surface area contributed by atoms with Crippen molar-refractivity contribution < 1.29 is 9.53 Å². The van der Waals surface area contributed by atoms with E-state index in [-0.39, 0.29) is 5.97 Å². The number of hydrogen-bond donors (Lipinski definition) is 1. The SMILES string of the molecule is CCOC(=O)c1nn(Cc2ccccc2)c2c1CN(Cc1c[nH]c3ccccc13)CC2. The second-order valence-corrected chi connectivity index (χ2v) is 7.96. The number of hydrogen-bond acceptors (Lipinski definition) is 4. The Kier molecular flexibility index (Phi) is 5.30. The molecule has 0 amide bonds. The Morgan fingerprint density at radius 1 is 1.10 bits per heavy atom. The van der Waals surface area contributed by atoms with E-state index in [9.17, 15) is 4.79 Å². The van der Waals surface area contributed by atoms with Gasteiger partial charge in [0.25, 0.3) is 0 Å². The topological polar surface area (TPSA) is 63.1 Å². The van der Waals surface area contributed by atoms with Gasteiger partial charge in [-0.1, -0.05) is 48.5 Å². The minimum Gasteiger partial charge on any atom is -0.461 e. The van der Waals surface area contributed by atoms with E-state index in [1.54, 1.807) is 0 Å². The minimum atomic E-state index is -0.334. The van der Waals surface area contributed by atoms with Gasteiger partial charge in [-0.2, -0.15) is 5.10 Å². The lowest BCUT2D eigenvalue weighted by Crippen LogP contribution is -2.31. The van der Waals surface area contributed by atoms with E-state index in [0.717, 1.165) is 36.3 Å². The molecule has 0 spiro atoms. The molecule has 5 rings (SSSR count). The van der Waals surface area contributed by atoms with Gasteiger partial charge >= 0.3 is 5.97 Å². The summed E-state index contributed by atoms with van der Waals surface area (Å²) in [5.74, 6) is -0.334. The molecule has 31 heavy (non-hydrogen) atoms. The molecule has 0 fully saturated rings. The highest BCUT2D eigenvalue weighted by Gasteiger charge is 2.29. The number of fused-ring (bicyclic) bond motifs is 2. The van der Waals surface area contributed by atoms with E-state index in [2.05, 4.69) is 46.4 Å². The number of benzene rings is 2. The van der Waals surface area contributed by atoms with Crippen LogP contribution in [-0.4, -0.2) is 38.8 Å². The number of nitrogens with zero attached hydrogens (tertiary/aromatic N) is 3. The second-order valence-electron chi connectivity index (χ2n) is 7.96. The van der Waals surface area contributed by atoms with Gasteiger partial charge in [0.2, 0.25) is 0 Å². The predicted molar refractivity (Wildman–Crippen MR) is 120 cm³/mol. The number of aromatic amines is 1. The van der Waals surface area contributed by atoms with E-state index < -0.39 is 0 Å². The first-order chi connectivity index (χ1) is 15.2. The molecule has 0 radical (unpaired) electrons. The molecule has 1 N–H and O–H groups in total. The van der Waals surface area contributed by atoms with Crippen molar-refractivity contribution in [1.82, 2.24) is 19.7 Å². The van der Waals surface area contributed by atoms with Crippen LogP contribution in [0.4, 0.5) is 0 Å². The first kappa shape index (κ1) is 19.6. The largest absolute Gasteiger partial charge is 0.461 e. The molecule has 6 nitrogen and oxygen atoms in total. The fourth-order valence-corrected chi connectivity index (χ4v) is 4.44. The normalized spacial score (nSPS) is 14.0. The van der Waals surface area contributed by atoms with Crippen molar-refractivity contribution in [1.29, 1.82) is 0 Å². The van der Waals surface area contributed by atoms with Crippen LogP contribution < -0.4 is 0 Å². The lowest BCUT2D eigenvalue weighted by atomic mass is 10.0. The Morgan fingerprint density at radius 2 is 1.90 bits per heavy atom. The number of rotatable bonds is 6. The van der Waals surface area contributed by atoms with Crippen molar-refractivity contribution in [2.75, 3.05) is 13.2 Å². The van der Waals surface area contributed by atoms with Crippen molar-refractivity contribution >= 4 is 16.9 Å². The van der Waals surface area contributed by atoms with Gasteiger partial charge < -0.3 is 9.72 Å². The molecule has 0 saturated carbocycles. The zero-order valence-electron chi connectivity index (χ0n) is 17.7. The average Bonchev–Trinajstić information content (AvgIpc) is 3.36. The Balaban J connectivity index is 1.44. The molecular weight excluding hydrogens is 388 g/mol. The summed E-state index contributed by atoms with van der Waals surface area (Å²) in [6.07, 6.45) is 2.95. The molecule has 0 bridgehead atoms. The standard InChI is InChI=1S/C25H26N4O2/c1-2-31-25(30)24-21-17-28(16-19-14-26-22-11-7-6-10-20(19)22)13-12-23(21)29(27-24)15-18-8-4-3-5-9-18/h3-11,14,26H,2,12-13,15-17H2,1H3. The number of carbonyl (C=O) groups is 1. The van der Waals surface area contributed by atoms with Crippen LogP contribution >= 0.6 is 0 Å². The number of carbonyl (C=O) groups excluding carboxylic acids is 1. The fraction of sp³-hybridized carbons (Fsp3) is 0.280. The number of H-pyrrole nitrogens is 1. The van der Waals surface area contributed by atoms with Crippen LogP contribution in [0.2, 0.25) is 0 Å². The molecule has 1 aliphatic heterocycles. The summed E-state index contributed by atoms with van der Waals surface area (Å²) in [6.45, 7) is 5.28. The van der Waals surface area contributed by atoms with Crippen molar-refractivity contribution in [3.63, 3.8) is 0 Å². The van der Waals surface area contributed by atoms with E-state index in [1.807, 2.05) is 35.9 Å². The van der Waals surface area contributed by atoms with Crippen LogP contribution in [0.1, 0.15) is 39.8 Å². The highest BCUT2D eigenvalue weighted by Crippen LogP contribution is 2.27. The summed E-state index contributed by atoms with van der Waals surface area (Å²) >= 11 is 0. The molecule has 0 aliphatic carbocycles. The maximum absolute atomic E-state index is 12.7. The maximum atomic E-state index is 12.7.